The average Bonchev–Trinajstić information content (AvgIpc) is 2.90. The van der Waals surface area contributed by atoms with Crippen LogP contribution in [0.15, 0.2) is 18.3 Å². The Morgan fingerprint density at radius 3 is 2.50 bits per heavy atom. The molecule has 0 radical (unpaired) electrons. The molecule has 0 aliphatic carbocycles. The van der Waals surface area contributed by atoms with Crippen molar-refractivity contribution in [2.45, 2.75) is 12.8 Å². The molecule has 0 unspecified atom stereocenters. The lowest BCUT2D eigenvalue weighted by atomic mass is 10.1. The second-order valence-corrected chi connectivity index (χ2v) is 4.58. The van der Waals surface area contributed by atoms with Gasteiger partial charge in [0.25, 0.3) is 0 Å². The number of carbonyl (C=O) groups excluding carboxylic acids is 2. The van der Waals surface area contributed by atoms with E-state index in [-0.39, 0.29) is 18.4 Å². The fourth-order valence-electron chi connectivity index (χ4n) is 2.24. The molecule has 2 aromatic rings. The van der Waals surface area contributed by atoms with Crippen molar-refractivity contribution in [3.05, 3.63) is 23.9 Å². The van der Waals surface area contributed by atoms with Gasteiger partial charge in [0.15, 0.2) is 6.29 Å². The van der Waals surface area contributed by atoms with Gasteiger partial charge in [-0.15, -0.1) is 0 Å². The maximum absolute atomic E-state index is 12.2. The van der Waals surface area contributed by atoms with E-state index in [0.29, 0.717) is 28.7 Å². The van der Waals surface area contributed by atoms with E-state index >= 15 is 0 Å². The summed E-state index contributed by atoms with van der Waals surface area (Å²) in [5.41, 5.74) is 0.729. The number of aldehydes is 1. The molecule has 0 aliphatic heterocycles. The zero-order valence-electron chi connectivity index (χ0n) is 12.2. The van der Waals surface area contributed by atoms with E-state index < -0.39 is 11.9 Å². The third kappa shape index (κ3) is 2.78. The number of aliphatic carboxylic acids is 1. The Kier molecular flexibility index (Phi) is 4.45. The summed E-state index contributed by atoms with van der Waals surface area (Å²) in [5, 5.41) is 9.17. The first kappa shape index (κ1) is 15.6. The van der Waals surface area contributed by atoms with Gasteiger partial charge in [-0.2, -0.15) is 0 Å². The van der Waals surface area contributed by atoms with Crippen LogP contribution in [0.2, 0.25) is 0 Å². The van der Waals surface area contributed by atoms with Gasteiger partial charge in [-0.05, 0) is 0 Å². The number of benzene rings is 1. The number of hydrogen-bond donors (Lipinski definition) is 1. The van der Waals surface area contributed by atoms with E-state index in [2.05, 4.69) is 0 Å². The highest BCUT2D eigenvalue weighted by atomic mass is 16.5. The minimum absolute atomic E-state index is 0.170. The molecule has 0 fully saturated rings. The van der Waals surface area contributed by atoms with Crippen LogP contribution in [-0.2, 0) is 4.79 Å². The summed E-state index contributed by atoms with van der Waals surface area (Å²) in [6.07, 6.45) is 1.55. The number of hydrogen-bond acceptors (Lipinski definition) is 5. The largest absolute Gasteiger partial charge is 0.497 e. The van der Waals surface area contributed by atoms with Crippen molar-refractivity contribution in [3.63, 3.8) is 0 Å². The molecule has 0 atom stereocenters. The first-order valence-electron chi connectivity index (χ1n) is 6.49. The van der Waals surface area contributed by atoms with Crippen molar-refractivity contribution in [3.8, 4) is 11.5 Å². The summed E-state index contributed by atoms with van der Waals surface area (Å²) in [4.78, 5) is 34.0. The van der Waals surface area contributed by atoms with Gasteiger partial charge in [0.1, 0.15) is 11.5 Å². The van der Waals surface area contributed by atoms with Crippen LogP contribution in [0, 0.1) is 0 Å². The number of ether oxygens (including phenoxy) is 2. The Balaban J connectivity index is 2.61. The predicted octanol–water partition coefficient (Wildman–Crippen LogP) is 1.98. The van der Waals surface area contributed by atoms with Crippen LogP contribution in [0.1, 0.15) is 28.0 Å². The Bertz CT molecular complexity index is 746. The minimum atomic E-state index is -1.06. The standard InChI is InChI=1S/C15H15NO6/c1-21-10-5-11-15(12(6-10)22-2)9(8-17)7-16(11)13(18)3-4-14(19)20/h5-8H,3-4H2,1-2H3,(H,19,20). The van der Waals surface area contributed by atoms with Crippen LogP contribution < -0.4 is 9.47 Å². The molecule has 0 amide bonds. The van der Waals surface area contributed by atoms with Crippen molar-refractivity contribution in [1.29, 1.82) is 0 Å². The molecule has 22 heavy (non-hydrogen) atoms. The van der Waals surface area contributed by atoms with E-state index in [1.807, 2.05) is 0 Å². The quantitative estimate of drug-likeness (QED) is 0.820. The van der Waals surface area contributed by atoms with Crippen LogP contribution >= 0.6 is 0 Å². The monoisotopic (exact) mass is 305 g/mol. The predicted molar refractivity (Wildman–Crippen MR) is 77.9 cm³/mol. The Labute approximate surface area is 126 Å². The van der Waals surface area contributed by atoms with Crippen LogP contribution in [-0.4, -0.2) is 42.1 Å². The Hall–Kier alpha value is -2.83. The molecule has 1 N–H and O–H groups in total. The second-order valence-electron chi connectivity index (χ2n) is 4.58. The lowest BCUT2D eigenvalue weighted by Crippen LogP contribution is -2.11. The fraction of sp³-hybridized carbons (Fsp3) is 0.267. The van der Waals surface area contributed by atoms with Crippen molar-refractivity contribution in [1.82, 2.24) is 4.57 Å². The molecule has 7 nitrogen and oxygen atoms in total. The van der Waals surface area contributed by atoms with Crippen molar-refractivity contribution in [2.24, 2.45) is 0 Å². The third-order valence-corrected chi connectivity index (χ3v) is 3.28. The SMILES string of the molecule is COc1cc(OC)c2c(C=O)cn(C(=O)CCC(=O)O)c2c1. The lowest BCUT2D eigenvalue weighted by molar-refractivity contribution is -0.137. The fourth-order valence-corrected chi connectivity index (χ4v) is 2.24. The number of carboxylic acids is 1. The summed E-state index contributed by atoms with van der Waals surface area (Å²) >= 11 is 0. The van der Waals surface area contributed by atoms with Crippen LogP contribution in [0.4, 0.5) is 0 Å². The molecule has 0 saturated heterocycles. The van der Waals surface area contributed by atoms with Crippen molar-refractivity contribution >= 4 is 29.1 Å². The molecule has 1 aromatic carbocycles. The van der Waals surface area contributed by atoms with Crippen LogP contribution in [0.5, 0.6) is 11.5 Å². The normalized spacial score (nSPS) is 10.5. The molecule has 0 spiro atoms. The van der Waals surface area contributed by atoms with Gasteiger partial charge in [-0.25, -0.2) is 0 Å². The van der Waals surface area contributed by atoms with Gasteiger partial charge < -0.3 is 14.6 Å². The summed E-state index contributed by atoms with van der Waals surface area (Å²) in [7, 11) is 2.92. The summed E-state index contributed by atoms with van der Waals surface area (Å²) in [5.74, 6) is -0.611. The molecule has 116 valence electrons. The number of nitrogens with zero attached hydrogens (tertiary/aromatic N) is 1. The molecule has 1 heterocycles. The molecular weight excluding hydrogens is 290 g/mol. The molecule has 0 bridgehead atoms. The zero-order chi connectivity index (χ0) is 16.3. The van der Waals surface area contributed by atoms with Gasteiger partial charge in [-0.3, -0.25) is 19.0 Å². The van der Waals surface area contributed by atoms with Crippen molar-refractivity contribution < 1.29 is 29.0 Å². The van der Waals surface area contributed by atoms with E-state index in [9.17, 15) is 14.4 Å². The van der Waals surface area contributed by atoms with Crippen LogP contribution in [0.3, 0.4) is 0 Å². The lowest BCUT2D eigenvalue weighted by Gasteiger charge is -2.08. The highest BCUT2D eigenvalue weighted by molar-refractivity contribution is 6.06. The molecule has 7 heteroatoms. The molecule has 1 aromatic heterocycles. The maximum atomic E-state index is 12.2. The number of carboxylic acid groups (broad SMARTS) is 1. The summed E-state index contributed by atoms with van der Waals surface area (Å²) < 4.78 is 11.7. The van der Waals surface area contributed by atoms with Gasteiger partial charge >= 0.3 is 5.97 Å². The highest BCUT2D eigenvalue weighted by Gasteiger charge is 2.19. The van der Waals surface area contributed by atoms with Gasteiger partial charge in [-0.1, -0.05) is 0 Å². The number of fused-ring (bicyclic) bond motifs is 1. The average molecular weight is 305 g/mol. The summed E-state index contributed by atoms with van der Waals surface area (Å²) in [6, 6.07) is 3.21. The molecule has 0 saturated carbocycles. The number of aromatic nitrogens is 1. The number of rotatable bonds is 6. The first-order valence-corrected chi connectivity index (χ1v) is 6.49. The Morgan fingerprint density at radius 1 is 1.23 bits per heavy atom. The zero-order valence-corrected chi connectivity index (χ0v) is 12.2. The summed E-state index contributed by atoms with van der Waals surface area (Å²) in [6.45, 7) is 0. The van der Waals surface area contributed by atoms with E-state index in [0.717, 1.165) is 0 Å². The smallest absolute Gasteiger partial charge is 0.303 e. The molecule has 2 rings (SSSR count). The number of methoxy groups -OCH3 is 2. The van der Waals surface area contributed by atoms with Crippen LogP contribution in [0.25, 0.3) is 10.9 Å². The highest BCUT2D eigenvalue weighted by Crippen LogP contribution is 2.34. The van der Waals surface area contributed by atoms with E-state index in [1.165, 1.54) is 25.0 Å². The Morgan fingerprint density at radius 2 is 1.95 bits per heavy atom. The third-order valence-electron chi connectivity index (χ3n) is 3.28. The second kappa shape index (κ2) is 6.30. The molecule has 0 aliphatic rings. The van der Waals surface area contributed by atoms with Crippen molar-refractivity contribution in [2.75, 3.05) is 14.2 Å². The molecular formula is C15H15NO6. The van der Waals surface area contributed by atoms with E-state index in [1.54, 1.807) is 12.1 Å². The topological polar surface area (TPSA) is 94.8 Å². The minimum Gasteiger partial charge on any atom is -0.497 e. The van der Waals surface area contributed by atoms with Gasteiger partial charge in [0.2, 0.25) is 5.91 Å². The van der Waals surface area contributed by atoms with Gasteiger partial charge in [0.05, 0.1) is 31.5 Å². The number of carbonyl (C=O) groups is 3. The van der Waals surface area contributed by atoms with Gasteiger partial charge in [0, 0.05) is 30.3 Å². The maximum Gasteiger partial charge on any atom is 0.303 e. The van der Waals surface area contributed by atoms with E-state index in [4.69, 9.17) is 14.6 Å². The first-order chi connectivity index (χ1) is 10.5.